The molecule has 6 rings (SSSR count). The lowest BCUT2D eigenvalue weighted by Gasteiger charge is -2.18. The van der Waals surface area contributed by atoms with Gasteiger partial charge in [-0.2, -0.15) is 0 Å². The fourth-order valence-electron chi connectivity index (χ4n) is 5.55. The van der Waals surface area contributed by atoms with E-state index in [2.05, 4.69) is 21.7 Å². The maximum absolute atomic E-state index is 14.3. The first kappa shape index (κ1) is 30.0. The average Bonchev–Trinajstić information content (AvgIpc) is 3.47. The van der Waals surface area contributed by atoms with Gasteiger partial charge in [0.15, 0.2) is 5.69 Å². The van der Waals surface area contributed by atoms with Crippen LogP contribution in [0.2, 0.25) is 0 Å². The van der Waals surface area contributed by atoms with Crippen molar-refractivity contribution in [2.75, 3.05) is 25.6 Å². The van der Waals surface area contributed by atoms with Crippen LogP contribution >= 0.6 is 11.3 Å². The number of fused-ring (bicyclic) bond motifs is 4. The van der Waals surface area contributed by atoms with Gasteiger partial charge in [-0.05, 0) is 64.7 Å². The van der Waals surface area contributed by atoms with E-state index in [-0.39, 0.29) is 17.3 Å². The summed E-state index contributed by atoms with van der Waals surface area (Å²) >= 11 is 1.58. The Balaban J connectivity index is 1.53. The van der Waals surface area contributed by atoms with E-state index in [4.69, 9.17) is 15.2 Å². The molecule has 9 nitrogen and oxygen atoms in total. The highest BCUT2D eigenvalue weighted by Gasteiger charge is 2.27. The largest absolute Gasteiger partial charge is 0.493 e. The van der Waals surface area contributed by atoms with E-state index in [0.29, 0.717) is 47.8 Å². The van der Waals surface area contributed by atoms with Crippen LogP contribution < -0.4 is 21.1 Å². The van der Waals surface area contributed by atoms with Gasteiger partial charge in [0.1, 0.15) is 11.4 Å². The van der Waals surface area contributed by atoms with Crippen molar-refractivity contribution in [2.45, 2.75) is 26.3 Å². The topological polar surface area (TPSA) is 133 Å². The highest BCUT2D eigenvalue weighted by Crippen LogP contribution is 2.43. The predicted molar refractivity (Wildman–Crippen MR) is 176 cm³/mol. The van der Waals surface area contributed by atoms with Gasteiger partial charge in [-0.25, -0.2) is 9.78 Å². The Morgan fingerprint density at radius 2 is 1.80 bits per heavy atom. The number of ether oxygens (including phenoxy) is 2. The number of nitrogens with two attached hydrogens (primary N) is 1. The van der Waals surface area contributed by atoms with Crippen LogP contribution in [0.5, 0.6) is 5.75 Å². The summed E-state index contributed by atoms with van der Waals surface area (Å²) in [6, 6.07) is 20.3. The summed E-state index contributed by atoms with van der Waals surface area (Å²) in [4.78, 5) is 45.6. The van der Waals surface area contributed by atoms with Crippen LogP contribution in [0, 0.1) is 0 Å². The number of nitrogens with zero attached hydrogens (tertiary/aromatic N) is 1. The molecule has 0 spiro atoms. The van der Waals surface area contributed by atoms with Crippen molar-refractivity contribution in [3.05, 3.63) is 100 Å². The molecule has 0 saturated carbocycles. The second kappa shape index (κ2) is 12.9. The van der Waals surface area contributed by atoms with Crippen molar-refractivity contribution in [3.63, 3.8) is 0 Å². The number of benzene rings is 3. The number of carbonyl (C=O) groups excluding carboxylic acids is 3. The van der Waals surface area contributed by atoms with Crippen LogP contribution in [-0.4, -0.2) is 43.0 Å². The van der Waals surface area contributed by atoms with Crippen LogP contribution in [0.3, 0.4) is 0 Å². The van der Waals surface area contributed by atoms with Crippen molar-refractivity contribution >= 4 is 45.6 Å². The second-order valence-corrected chi connectivity index (χ2v) is 11.5. The van der Waals surface area contributed by atoms with Gasteiger partial charge in [-0.15, -0.1) is 11.3 Å². The highest BCUT2D eigenvalue weighted by atomic mass is 32.1. The molecule has 0 bridgehead atoms. The first-order chi connectivity index (χ1) is 21.9. The molecule has 10 heteroatoms. The molecule has 2 amide bonds. The van der Waals surface area contributed by atoms with E-state index in [9.17, 15) is 14.4 Å². The third kappa shape index (κ3) is 5.77. The number of esters is 1. The normalized spacial score (nSPS) is 12.0. The molecule has 45 heavy (non-hydrogen) atoms. The Bertz CT molecular complexity index is 1950. The number of amides is 2. The molecule has 3 heterocycles. The maximum Gasteiger partial charge on any atom is 0.357 e. The fourth-order valence-corrected chi connectivity index (χ4v) is 6.53. The first-order valence-corrected chi connectivity index (χ1v) is 15.6. The van der Waals surface area contributed by atoms with Crippen molar-refractivity contribution < 1.29 is 23.9 Å². The number of carbonyl (C=O) groups is 3. The van der Waals surface area contributed by atoms with Crippen molar-refractivity contribution in [1.82, 2.24) is 10.3 Å². The van der Waals surface area contributed by atoms with Crippen LogP contribution in [0.15, 0.2) is 72.1 Å². The van der Waals surface area contributed by atoms with E-state index >= 15 is 0 Å². The molecular weight excluding hydrogens is 588 g/mol. The van der Waals surface area contributed by atoms with E-state index in [1.54, 1.807) is 29.5 Å². The summed E-state index contributed by atoms with van der Waals surface area (Å²) in [6.07, 6.45) is 1.47. The van der Waals surface area contributed by atoms with Crippen LogP contribution in [-0.2, 0) is 17.7 Å². The highest BCUT2D eigenvalue weighted by molar-refractivity contribution is 7.13. The number of aromatic nitrogens is 1. The van der Waals surface area contributed by atoms with Crippen LogP contribution in [0.4, 0.5) is 5.69 Å². The number of pyridine rings is 1. The molecule has 0 fully saturated rings. The van der Waals surface area contributed by atoms with Gasteiger partial charge in [0.2, 0.25) is 0 Å². The van der Waals surface area contributed by atoms with Crippen LogP contribution in [0.1, 0.15) is 55.8 Å². The van der Waals surface area contributed by atoms with Gasteiger partial charge in [-0.3, -0.25) is 9.59 Å². The Morgan fingerprint density at radius 3 is 2.58 bits per heavy atom. The smallest absolute Gasteiger partial charge is 0.357 e. The van der Waals surface area contributed by atoms with Crippen molar-refractivity contribution in [2.24, 2.45) is 5.73 Å². The number of anilines is 1. The Morgan fingerprint density at radius 1 is 0.978 bits per heavy atom. The number of hydrogen-bond acceptors (Lipinski definition) is 8. The summed E-state index contributed by atoms with van der Waals surface area (Å²) in [5, 5.41) is 9.72. The minimum atomic E-state index is -0.735. The molecule has 4 N–H and O–H groups in total. The summed E-state index contributed by atoms with van der Waals surface area (Å²) in [5.74, 6) is -0.946. The predicted octanol–water partition coefficient (Wildman–Crippen LogP) is 6.20. The van der Waals surface area contributed by atoms with Gasteiger partial charge in [0, 0.05) is 57.7 Å². The Labute approximate surface area is 264 Å². The first-order valence-electron chi connectivity index (χ1n) is 14.7. The van der Waals surface area contributed by atoms with Gasteiger partial charge in [0.25, 0.3) is 11.8 Å². The lowest BCUT2D eigenvalue weighted by Crippen LogP contribution is -2.26. The lowest BCUT2D eigenvalue weighted by atomic mass is 9.93. The number of methoxy groups -OCH3 is 1. The zero-order valence-corrected chi connectivity index (χ0v) is 25.8. The summed E-state index contributed by atoms with van der Waals surface area (Å²) in [6.45, 7) is 3.23. The third-order valence-corrected chi connectivity index (χ3v) is 8.79. The van der Waals surface area contributed by atoms with Gasteiger partial charge in [-0.1, -0.05) is 37.3 Å². The molecule has 0 radical (unpaired) electrons. The quantitative estimate of drug-likeness (QED) is 0.176. The molecule has 5 aromatic rings. The molecule has 3 aromatic carbocycles. The maximum atomic E-state index is 14.3. The average molecular weight is 621 g/mol. The molecular formula is C35H32N4O5S. The van der Waals surface area contributed by atoms with Crippen LogP contribution in [0.25, 0.3) is 32.3 Å². The number of rotatable bonds is 8. The fraction of sp³-hybridized carbons (Fsp3) is 0.200. The molecule has 0 aliphatic carbocycles. The van der Waals surface area contributed by atoms with E-state index in [0.717, 1.165) is 45.2 Å². The van der Waals surface area contributed by atoms with E-state index < -0.39 is 11.9 Å². The molecule has 228 valence electrons. The summed E-state index contributed by atoms with van der Waals surface area (Å²) in [7, 11) is 1.25. The zero-order valence-electron chi connectivity index (χ0n) is 24.9. The minimum Gasteiger partial charge on any atom is -0.493 e. The molecule has 0 unspecified atom stereocenters. The standard InChI is InChI=1S/C35H32N4O5S/c1-3-14-37-34(41)29-11-9-24(31(38-29)35(42)43-2)25-18-30-27(32-20(12-15-44-30)13-16-45-32)17-26(25)33(40)39-28-10-8-21(19-36)22-6-4-5-7-23(22)28/h4-11,13,16-18H,3,12,14-15,19,36H2,1-2H3,(H,37,41)(H,39,40). The molecule has 1 aliphatic rings. The number of hydrogen-bond donors (Lipinski definition) is 3. The minimum absolute atomic E-state index is 0.0688. The SMILES string of the molecule is CCCNC(=O)c1ccc(-c2cc3c(cc2C(=O)Nc2ccc(CN)c4ccccc24)-c2sccc2CCO3)c(C(=O)OC)n1. The third-order valence-electron chi connectivity index (χ3n) is 7.80. The summed E-state index contributed by atoms with van der Waals surface area (Å²) < 4.78 is 11.3. The monoisotopic (exact) mass is 620 g/mol. The number of thiophene rings is 1. The van der Waals surface area contributed by atoms with Gasteiger partial charge >= 0.3 is 5.97 Å². The Kier molecular flexibility index (Phi) is 8.59. The van der Waals surface area contributed by atoms with E-state index in [1.165, 1.54) is 13.2 Å². The van der Waals surface area contributed by atoms with Crippen molar-refractivity contribution in [3.8, 4) is 27.3 Å². The lowest BCUT2D eigenvalue weighted by molar-refractivity contribution is 0.0594. The number of nitrogens with one attached hydrogen (secondary N) is 2. The van der Waals surface area contributed by atoms with Crippen molar-refractivity contribution in [1.29, 1.82) is 0 Å². The summed E-state index contributed by atoms with van der Waals surface area (Å²) in [5.41, 5.74) is 10.6. The van der Waals surface area contributed by atoms with Gasteiger partial charge in [0.05, 0.1) is 13.7 Å². The zero-order chi connectivity index (χ0) is 31.5. The molecule has 1 aliphatic heterocycles. The second-order valence-electron chi connectivity index (χ2n) is 10.6. The molecule has 0 saturated heterocycles. The molecule has 2 aromatic heterocycles. The van der Waals surface area contributed by atoms with Gasteiger partial charge < -0.3 is 25.8 Å². The van der Waals surface area contributed by atoms with E-state index in [1.807, 2.05) is 48.7 Å². The molecule has 0 atom stereocenters. The Hall–Kier alpha value is -5.06.